The lowest BCUT2D eigenvalue weighted by molar-refractivity contribution is 0.0650. The maximum absolute atomic E-state index is 12.8. The number of aromatic nitrogens is 2. The van der Waals surface area contributed by atoms with Crippen LogP contribution in [0.4, 0.5) is 0 Å². The zero-order chi connectivity index (χ0) is 17.6. The second-order valence-corrected chi connectivity index (χ2v) is 8.47. The quantitative estimate of drug-likeness (QED) is 0.707. The van der Waals surface area contributed by atoms with Crippen LogP contribution in [-0.2, 0) is 15.6 Å². The number of rotatable bonds is 4. The van der Waals surface area contributed by atoms with Crippen molar-refractivity contribution >= 4 is 21.4 Å². The van der Waals surface area contributed by atoms with Crippen LogP contribution in [0.5, 0.6) is 0 Å². The van der Waals surface area contributed by atoms with Crippen molar-refractivity contribution in [1.82, 2.24) is 14.3 Å². The van der Waals surface area contributed by atoms with E-state index < -0.39 is 15.1 Å². The minimum absolute atomic E-state index is 0.138. The van der Waals surface area contributed by atoms with Crippen molar-refractivity contribution < 1.29 is 17.6 Å². The van der Waals surface area contributed by atoms with E-state index in [1.807, 2.05) is 18.2 Å². The molecular weight excluding hydrogens is 342 g/mol. The molecule has 1 aliphatic heterocycles. The van der Waals surface area contributed by atoms with Gasteiger partial charge in [-0.25, -0.2) is 13.4 Å². The Morgan fingerprint density at radius 3 is 2.80 bits per heavy atom. The second kappa shape index (κ2) is 5.73. The molecule has 0 saturated carbocycles. The molecule has 4 rings (SSSR count). The van der Waals surface area contributed by atoms with E-state index >= 15 is 0 Å². The number of fused-ring (bicyclic) bond motifs is 1. The molecule has 0 unspecified atom stereocenters. The third-order valence-corrected chi connectivity index (χ3v) is 6.47. The van der Waals surface area contributed by atoms with E-state index in [4.69, 9.17) is 4.42 Å². The van der Waals surface area contributed by atoms with Crippen LogP contribution in [0.1, 0.15) is 21.9 Å². The molecule has 4 heterocycles. The van der Waals surface area contributed by atoms with Gasteiger partial charge in [-0.15, -0.1) is 0 Å². The maximum atomic E-state index is 12.8. The molecule has 0 atom stereocenters. The molecule has 3 aromatic rings. The summed E-state index contributed by atoms with van der Waals surface area (Å²) < 4.78 is 31.6. The molecule has 8 heteroatoms. The van der Waals surface area contributed by atoms with Crippen molar-refractivity contribution in [2.24, 2.45) is 0 Å². The number of nitrogens with zero attached hydrogens (tertiary/aromatic N) is 3. The van der Waals surface area contributed by atoms with Gasteiger partial charge in [-0.3, -0.25) is 9.20 Å². The summed E-state index contributed by atoms with van der Waals surface area (Å²) in [5.41, 5.74) is 1.82. The van der Waals surface area contributed by atoms with E-state index in [1.165, 1.54) is 6.26 Å². The number of hydrogen-bond donors (Lipinski definition) is 0. The average molecular weight is 359 g/mol. The Morgan fingerprint density at radius 2 is 2.08 bits per heavy atom. The number of carbonyl (C=O) groups excluding carboxylic acids is 1. The van der Waals surface area contributed by atoms with Gasteiger partial charge in [0.25, 0.3) is 5.91 Å². The standard InChI is InChI=1S/C17H17N3O4S/c1-12-16(20-7-3-2-6-15(20)18-12)17(21)19-9-14(10-19)25(22,23)11-13-5-4-8-24-13/h2-8,14H,9-11H2,1H3. The fourth-order valence-corrected chi connectivity index (χ4v) is 4.67. The number of hydrogen-bond acceptors (Lipinski definition) is 5. The Hall–Kier alpha value is -2.61. The molecule has 0 aliphatic carbocycles. The molecule has 0 aromatic carbocycles. The summed E-state index contributed by atoms with van der Waals surface area (Å²) >= 11 is 0. The summed E-state index contributed by atoms with van der Waals surface area (Å²) in [5, 5.41) is -0.555. The number of aryl methyl sites for hydroxylation is 1. The summed E-state index contributed by atoms with van der Waals surface area (Å²) in [4.78, 5) is 18.7. The summed E-state index contributed by atoms with van der Waals surface area (Å²) in [6.07, 6.45) is 3.24. The van der Waals surface area contributed by atoms with E-state index in [-0.39, 0.29) is 24.7 Å². The number of likely N-dealkylation sites (tertiary alicyclic amines) is 1. The van der Waals surface area contributed by atoms with Gasteiger partial charge in [-0.1, -0.05) is 6.07 Å². The van der Waals surface area contributed by atoms with Gasteiger partial charge in [-0.2, -0.15) is 0 Å². The smallest absolute Gasteiger partial charge is 0.272 e. The first-order valence-electron chi connectivity index (χ1n) is 7.92. The van der Waals surface area contributed by atoms with Crippen molar-refractivity contribution in [2.75, 3.05) is 13.1 Å². The molecule has 0 N–H and O–H groups in total. The zero-order valence-corrected chi connectivity index (χ0v) is 14.4. The molecule has 130 valence electrons. The number of sulfone groups is 1. The largest absolute Gasteiger partial charge is 0.468 e. The molecule has 1 saturated heterocycles. The highest BCUT2D eigenvalue weighted by Gasteiger charge is 2.41. The molecule has 1 aliphatic rings. The summed E-state index contributed by atoms with van der Waals surface area (Å²) in [7, 11) is -3.34. The van der Waals surface area contributed by atoms with Crippen LogP contribution in [0.3, 0.4) is 0 Å². The van der Waals surface area contributed by atoms with E-state index in [2.05, 4.69) is 4.98 Å². The average Bonchev–Trinajstić information content (AvgIpc) is 3.10. The highest BCUT2D eigenvalue weighted by Crippen LogP contribution is 2.24. The Labute approximate surface area is 144 Å². The predicted molar refractivity (Wildman–Crippen MR) is 91.0 cm³/mol. The highest BCUT2D eigenvalue weighted by molar-refractivity contribution is 7.91. The Kier molecular flexibility index (Phi) is 3.64. The number of imidazole rings is 1. The molecule has 1 amide bonds. The normalized spacial score (nSPS) is 15.5. The second-order valence-electron chi connectivity index (χ2n) is 6.19. The van der Waals surface area contributed by atoms with Crippen molar-refractivity contribution in [1.29, 1.82) is 0 Å². The molecule has 25 heavy (non-hydrogen) atoms. The maximum Gasteiger partial charge on any atom is 0.272 e. The summed E-state index contributed by atoms with van der Waals surface area (Å²) in [6, 6.07) is 8.82. The highest BCUT2D eigenvalue weighted by atomic mass is 32.2. The van der Waals surface area contributed by atoms with Gasteiger partial charge in [0.1, 0.15) is 22.9 Å². The third kappa shape index (κ3) is 2.72. The first kappa shape index (κ1) is 15.9. The molecular formula is C17H17N3O4S. The van der Waals surface area contributed by atoms with E-state index in [9.17, 15) is 13.2 Å². The Morgan fingerprint density at radius 1 is 1.28 bits per heavy atom. The molecule has 0 radical (unpaired) electrons. The lowest BCUT2D eigenvalue weighted by Gasteiger charge is -2.38. The third-order valence-electron chi connectivity index (χ3n) is 4.47. The van der Waals surface area contributed by atoms with Crippen molar-refractivity contribution in [3.05, 3.63) is 59.9 Å². The topological polar surface area (TPSA) is 84.9 Å². The summed E-state index contributed by atoms with van der Waals surface area (Å²) in [5.74, 6) is 0.0875. The van der Waals surface area contributed by atoms with Crippen LogP contribution in [-0.4, -0.2) is 46.9 Å². The van der Waals surface area contributed by atoms with Crippen molar-refractivity contribution in [2.45, 2.75) is 17.9 Å². The fourth-order valence-electron chi connectivity index (χ4n) is 3.06. The first-order chi connectivity index (χ1) is 12.0. The van der Waals surface area contributed by atoms with E-state index in [0.717, 1.165) is 0 Å². The number of amides is 1. The Balaban J connectivity index is 1.50. The van der Waals surface area contributed by atoms with Gasteiger partial charge < -0.3 is 9.32 Å². The van der Waals surface area contributed by atoms with Crippen LogP contribution < -0.4 is 0 Å². The Bertz CT molecular complexity index is 1030. The molecule has 3 aromatic heterocycles. The number of pyridine rings is 1. The van der Waals surface area contributed by atoms with Gasteiger partial charge >= 0.3 is 0 Å². The van der Waals surface area contributed by atoms with Crippen molar-refractivity contribution in [3.8, 4) is 0 Å². The lowest BCUT2D eigenvalue weighted by atomic mass is 10.2. The number of furan rings is 1. The van der Waals surface area contributed by atoms with Gasteiger partial charge in [-0.05, 0) is 31.2 Å². The first-order valence-corrected chi connectivity index (χ1v) is 9.64. The minimum atomic E-state index is -3.34. The van der Waals surface area contributed by atoms with Crippen LogP contribution >= 0.6 is 0 Å². The van der Waals surface area contributed by atoms with Crippen LogP contribution in [0.15, 0.2) is 47.2 Å². The van der Waals surface area contributed by atoms with Gasteiger partial charge in [0, 0.05) is 19.3 Å². The number of carbonyl (C=O) groups is 1. The fraction of sp³-hybridized carbons (Fsp3) is 0.294. The molecule has 1 fully saturated rings. The van der Waals surface area contributed by atoms with E-state index in [0.29, 0.717) is 22.8 Å². The van der Waals surface area contributed by atoms with Gasteiger partial charge in [0.15, 0.2) is 9.84 Å². The molecule has 0 spiro atoms. The summed E-state index contributed by atoms with van der Waals surface area (Å²) in [6.45, 7) is 2.17. The van der Waals surface area contributed by atoms with Gasteiger partial charge in [0.05, 0.1) is 17.2 Å². The van der Waals surface area contributed by atoms with E-state index in [1.54, 1.807) is 34.6 Å². The lowest BCUT2D eigenvalue weighted by Crippen LogP contribution is -2.57. The zero-order valence-electron chi connectivity index (χ0n) is 13.6. The van der Waals surface area contributed by atoms with Gasteiger partial charge in [0.2, 0.25) is 0 Å². The van der Waals surface area contributed by atoms with Crippen LogP contribution in [0, 0.1) is 6.92 Å². The predicted octanol–water partition coefficient (Wildman–Crippen LogP) is 1.68. The SMILES string of the molecule is Cc1nc2ccccn2c1C(=O)N1CC(S(=O)(=O)Cc2ccco2)C1. The molecule has 7 nitrogen and oxygen atoms in total. The van der Waals surface area contributed by atoms with Crippen LogP contribution in [0.25, 0.3) is 5.65 Å². The van der Waals surface area contributed by atoms with Crippen molar-refractivity contribution in [3.63, 3.8) is 0 Å². The van der Waals surface area contributed by atoms with Crippen LogP contribution in [0.2, 0.25) is 0 Å². The monoisotopic (exact) mass is 359 g/mol. The molecule has 0 bridgehead atoms. The minimum Gasteiger partial charge on any atom is -0.468 e.